The fourth-order valence-corrected chi connectivity index (χ4v) is 1.00. The third-order valence-electron chi connectivity index (χ3n) is 1.98. The first-order valence-corrected chi connectivity index (χ1v) is 5.14. The van der Waals surface area contributed by atoms with E-state index in [1.807, 2.05) is 0 Å². The van der Waals surface area contributed by atoms with Gasteiger partial charge < -0.3 is 35.4 Å². The third kappa shape index (κ3) is 5.38. The maximum absolute atomic E-state index is 10.6. The fraction of sp³-hybridized carbons (Fsp3) is 0.667. The van der Waals surface area contributed by atoms with Crippen LogP contribution in [0.4, 0.5) is 0 Å². The number of aliphatic hydroxyl groups excluding tert-OH is 5. The first kappa shape index (κ1) is 17.6. The minimum absolute atomic E-state index is 0.0938. The molecule has 1 rings (SSSR count). The Labute approximate surface area is 107 Å². The predicted octanol–water partition coefficient (Wildman–Crippen LogP) is -5.09. The Balaban J connectivity index is 0.000000399. The first-order chi connectivity index (χ1) is 8.88. The van der Waals surface area contributed by atoms with Gasteiger partial charge in [-0.1, -0.05) is 0 Å². The molecule has 1 aliphatic rings. The van der Waals surface area contributed by atoms with E-state index in [9.17, 15) is 9.90 Å². The summed E-state index contributed by atoms with van der Waals surface area (Å²) in [6.45, 7) is -0.874. The van der Waals surface area contributed by atoms with Crippen molar-refractivity contribution in [1.29, 1.82) is 0 Å². The highest BCUT2D eigenvalue weighted by atomic mass is 16.6. The topological polar surface area (TPSA) is 187 Å². The Bertz CT molecular complexity index is 319. The predicted molar refractivity (Wildman–Crippen MR) is 54.6 cm³/mol. The summed E-state index contributed by atoms with van der Waals surface area (Å²) < 4.78 is 4.25. The van der Waals surface area contributed by atoms with Gasteiger partial charge in [0.25, 0.3) is 0 Å². The van der Waals surface area contributed by atoms with E-state index in [-0.39, 0.29) is 13.2 Å². The second-order valence-corrected chi connectivity index (χ2v) is 3.50. The van der Waals surface area contributed by atoms with Gasteiger partial charge in [-0.2, -0.15) is 0 Å². The Morgan fingerprint density at radius 2 is 1.95 bits per heavy atom. The molecule has 1 aliphatic heterocycles. The van der Waals surface area contributed by atoms with Crippen LogP contribution >= 0.6 is 0 Å². The molecule has 0 saturated carbocycles. The van der Waals surface area contributed by atoms with Crippen molar-refractivity contribution >= 4 is 5.97 Å². The van der Waals surface area contributed by atoms with Gasteiger partial charge in [-0.05, 0) is 0 Å². The number of rotatable bonds is 5. The number of quaternary nitrogens is 1. The molecule has 8 N–H and O–H groups in total. The summed E-state index contributed by atoms with van der Waals surface area (Å²) in [7, 11) is 0. The van der Waals surface area contributed by atoms with Crippen LogP contribution in [-0.2, 0) is 14.4 Å². The third-order valence-corrected chi connectivity index (χ3v) is 1.98. The highest BCUT2D eigenvalue weighted by Gasteiger charge is 2.34. The second kappa shape index (κ2) is 8.63. The van der Waals surface area contributed by atoms with Crippen molar-refractivity contribution in [2.45, 2.75) is 18.3 Å². The van der Waals surface area contributed by atoms with E-state index < -0.39 is 42.4 Å². The molecule has 0 aromatic carbocycles. The lowest BCUT2D eigenvalue weighted by atomic mass is 10.2. The molecule has 0 amide bonds. The maximum Gasteiger partial charge on any atom is 0.327 e. The van der Waals surface area contributed by atoms with Gasteiger partial charge in [0.05, 0.1) is 13.2 Å². The van der Waals surface area contributed by atoms with Crippen molar-refractivity contribution in [3.63, 3.8) is 0 Å². The van der Waals surface area contributed by atoms with E-state index in [1.54, 1.807) is 0 Å². The highest BCUT2D eigenvalue weighted by molar-refractivity contribution is 5.88. The Morgan fingerprint density at radius 1 is 1.37 bits per heavy atom. The molecule has 112 valence electrons. The van der Waals surface area contributed by atoms with Crippen LogP contribution in [0, 0.1) is 0 Å². The molecular formula is C9H17NO9. The molecule has 0 aromatic heterocycles. The molecule has 0 bridgehead atoms. The van der Waals surface area contributed by atoms with E-state index in [1.165, 1.54) is 0 Å². The fourth-order valence-electron chi connectivity index (χ4n) is 1.00. The molecule has 0 aliphatic carbocycles. The van der Waals surface area contributed by atoms with E-state index >= 15 is 0 Å². The molecular weight excluding hydrogens is 266 g/mol. The highest BCUT2D eigenvalue weighted by Crippen LogP contribution is 2.19. The summed E-state index contributed by atoms with van der Waals surface area (Å²) in [5.74, 6) is -0.248. The number of ether oxygens (including phenoxy) is 1. The molecule has 10 nitrogen and oxygen atoms in total. The number of hydrogen-bond donors (Lipinski definition) is 6. The zero-order valence-corrected chi connectivity index (χ0v) is 9.93. The van der Waals surface area contributed by atoms with Crippen LogP contribution in [0.1, 0.15) is 0 Å². The van der Waals surface area contributed by atoms with Gasteiger partial charge in [0, 0.05) is 5.76 Å². The SMILES string of the molecule is O=C1O[C@H]([C@@H](O)CO)C(O)=C1[O-].[NH3+]OCC(O)CO. The molecule has 3 atom stereocenters. The van der Waals surface area contributed by atoms with Crippen molar-refractivity contribution in [3.8, 4) is 0 Å². The van der Waals surface area contributed by atoms with Crippen molar-refractivity contribution in [2.75, 3.05) is 19.8 Å². The second-order valence-electron chi connectivity index (χ2n) is 3.50. The van der Waals surface area contributed by atoms with E-state index in [2.05, 4.69) is 15.5 Å². The lowest BCUT2D eigenvalue weighted by Gasteiger charge is -2.14. The largest absolute Gasteiger partial charge is 0.865 e. The van der Waals surface area contributed by atoms with Crippen LogP contribution in [0.5, 0.6) is 0 Å². The average molecular weight is 283 g/mol. The number of carbonyl (C=O) groups excluding carboxylic acids is 1. The van der Waals surface area contributed by atoms with Crippen molar-refractivity contribution < 1.29 is 50.9 Å². The number of aliphatic hydroxyl groups is 5. The standard InChI is InChI=1S/C6H8O6.C3H10NO3/c7-1-2(8)5-3(9)4(10)6(11)12-5;4-7-2-3(6)1-5/h2,5,7-10H,1H2;3,5-6H,1-2H2,4H3/q;+1/p-1/t2-,5+;/m0./s1. The summed E-state index contributed by atoms with van der Waals surface area (Å²) in [4.78, 5) is 14.7. The van der Waals surface area contributed by atoms with E-state index in [4.69, 9.17) is 25.5 Å². The molecule has 0 saturated heterocycles. The summed E-state index contributed by atoms with van der Waals surface area (Å²) >= 11 is 0. The normalized spacial score (nSPS) is 21.5. The minimum atomic E-state index is -1.46. The zero-order chi connectivity index (χ0) is 15.0. The number of carbonyl (C=O) groups is 1. The monoisotopic (exact) mass is 283 g/mol. The molecule has 0 spiro atoms. The number of cyclic esters (lactones) is 1. The van der Waals surface area contributed by atoms with Gasteiger partial charge >= 0.3 is 5.97 Å². The van der Waals surface area contributed by atoms with Crippen molar-refractivity contribution in [2.24, 2.45) is 0 Å². The molecule has 10 heteroatoms. The summed E-state index contributed by atoms with van der Waals surface area (Å²) in [5.41, 5.74) is 0. The Morgan fingerprint density at radius 3 is 2.21 bits per heavy atom. The van der Waals surface area contributed by atoms with Gasteiger partial charge in [-0.25, -0.2) is 15.5 Å². The van der Waals surface area contributed by atoms with Gasteiger partial charge in [-0.15, -0.1) is 0 Å². The molecule has 0 fully saturated rings. The van der Waals surface area contributed by atoms with Crippen molar-refractivity contribution in [1.82, 2.24) is 0 Å². The van der Waals surface area contributed by atoms with Gasteiger partial charge in [-0.3, -0.25) is 0 Å². The molecule has 0 radical (unpaired) electrons. The minimum Gasteiger partial charge on any atom is -0.865 e. The van der Waals surface area contributed by atoms with Crippen LogP contribution in [0.25, 0.3) is 0 Å². The van der Waals surface area contributed by atoms with Crippen LogP contribution in [0.15, 0.2) is 11.5 Å². The quantitative estimate of drug-likeness (QED) is 0.212. The molecule has 19 heavy (non-hydrogen) atoms. The number of hydrogen-bond acceptors (Lipinski definition) is 9. The lowest BCUT2D eigenvalue weighted by molar-refractivity contribution is -0.691. The van der Waals surface area contributed by atoms with Gasteiger partial charge in [0.1, 0.15) is 24.6 Å². The smallest absolute Gasteiger partial charge is 0.327 e. The zero-order valence-electron chi connectivity index (χ0n) is 9.93. The van der Waals surface area contributed by atoms with Crippen LogP contribution in [-0.4, -0.2) is 69.6 Å². The van der Waals surface area contributed by atoms with Gasteiger partial charge in [0.15, 0.2) is 6.10 Å². The maximum atomic E-state index is 10.6. The molecule has 1 heterocycles. The van der Waals surface area contributed by atoms with Crippen LogP contribution in [0.2, 0.25) is 0 Å². The van der Waals surface area contributed by atoms with Crippen LogP contribution in [0.3, 0.4) is 0 Å². The molecule has 1 unspecified atom stereocenters. The van der Waals surface area contributed by atoms with Gasteiger partial charge in [0.2, 0.25) is 0 Å². The van der Waals surface area contributed by atoms with E-state index in [0.717, 1.165) is 0 Å². The van der Waals surface area contributed by atoms with Crippen LogP contribution < -0.4 is 11.0 Å². The van der Waals surface area contributed by atoms with Crippen molar-refractivity contribution in [3.05, 3.63) is 11.5 Å². The Hall–Kier alpha value is -1.43. The summed E-state index contributed by atoms with van der Waals surface area (Å²) in [6.07, 6.45) is -3.66. The number of esters is 1. The van der Waals surface area contributed by atoms with E-state index in [0.29, 0.717) is 0 Å². The first-order valence-electron chi connectivity index (χ1n) is 5.14. The molecule has 0 aromatic rings. The summed E-state index contributed by atoms with van der Waals surface area (Å²) in [6, 6.07) is 0. The Kier molecular flexibility index (Phi) is 7.98. The summed E-state index contributed by atoms with van der Waals surface area (Å²) in [5, 5.41) is 53.3. The lowest BCUT2D eigenvalue weighted by Crippen LogP contribution is -2.51. The average Bonchev–Trinajstić information content (AvgIpc) is 2.66.